The molecule has 0 aromatic carbocycles. The molecule has 0 heterocycles. The number of carbonyl (C=O) groups excluding carboxylic acids is 1. The Bertz CT molecular complexity index is 232. The molecule has 0 saturated carbocycles. The number of rotatable bonds is 6. The summed E-state index contributed by atoms with van der Waals surface area (Å²) in [6.45, 7) is 13.0. The van der Waals surface area contributed by atoms with Gasteiger partial charge in [0.15, 0.2) is 5.78 Å². The maximum absolute atomic E-state index is 11.6. The second-order valence-electron chi connectivity index (χ2n) is 4.24. The first-order valence-corrected chi connectivity index (χ1v) is 11.5. The molecule has 3 nitrogen and oxygen atoms in total. The lowest BCUT2D eigenvalue weighted by Gasteiger charge is -2.27. The molecule has 5 heteroatoms. The Labute approximate surface area is 96.9 Å². The standard InChI is InChI=1S/C10H24N2OSi2/c1-7-9(10(13)8-2)11-12(14(3)4)15(5)6/h14-15H,7-8H2,1-6H3. The van der Waals surface area contributed by atoms with E-state index in [1.807, 2.05) is 13.8 Å². The summed E-state index contributed by atoms with van der Waals surface area (Å²) >= 11 is 0. The molecule has 0 saturated heterocycles. The normalized spacial score (nSPS) is 12.4. The molecule has 0 aliphatic carbocycles. The zero-order valence-corrected chi connectivity index (χ0v) is 13.2. The molecule has 0 spiro atoms. The molecule has 0 aliphatic heterocycles. The molecule has 0 unspecified atom stereocenters. The minimum Gasteiger partial charge on any atom is -0.355 e. The van der Waals surface area contributed by atoms with Crippen molar-refractivity contribution >= 4 is 29.4 Å². The van der Waals surface area contributed by atoms with E-state index in [0.29, 0.717) is 6.42 Å². The molecule has 0 fully saturated rings. The van der Waals surface area contributed by atoms with Gasteiger partial charge in [0.05, 0.1) is 0 Å². The summed E-state index contributed by atoms with van der Waals surface area (Å²) in [7, 11) is -1.82. The molecule has 0 rings (SSSR count). The third kappa shape index (κ3) is 4.75. The van der Waals surface area contributed by atoms with Gasteiger partial charge in [-0.2, -0.15) is 5.10 Å². The van der Waals surface area contributed by atoms with E-state index < -0.39 is 17.9 Å². The van der Waals surface area contributed by atoms with Gasteiger partial charge in [0.25, 0.3) is 0 Å². The topological polar surface area (TPSA) is 32.7 Å². The molecule has 0 atom stereocenters. The van der Waals surface area contributed by atoms with E-state index in [-0.39, 0.29) is 5.78 Å². The molecule has 0 N–H and O–H groups in total. The second kappa shape index (κ2) is 6.95. The zero-order valence-electron chi connectivity index (χ0n) is 10.9. The Kier molecular flexibility index (Phi) is 6.75. The van der Waals surface area contributed by atoms with Gasteiger partial charge in [0.1, 0.15) is 23.6 Å². The van der Waals surface area contributed by atoms with Crippen LogP contribution in [0.2, 0.25) is 26.2 Å². The fraction of sp³-hybridized carbons (Fsp3) is 0.800. The minimum atomic E-state index is -0.910. The predicted octanol–water partition coefficient (Wildman–Crippen LogP) is 2.00. The summed E-state index contributed by atoms with van der Waals surface area (Å²) in [6.07, 6.45) is 1.32. The van der Waals surface area contributed by atoms with Crippen LogP contribution in [0, 0.1) is 0 Å². The minimum absolute atomic E-state index is 0.201. The highest BCUT2D eigenvalue weighted by molar-refractivity contribution is 6.70. The van der Waals surface area contributed by atoms with Gasteiger partial charge in [-0.25, -0.2) is 0 Å². The van der Waals surface area contributed by atoms with Crippen LogP contribution in [0.1, 0.15) is 26.7 Å². The molecule has 0 amide bonds. The van der Waals surface area contributed by atoms with Crippen LogP contribution in [0.15, 0.2) is 5.10 Å². The maximum Gasteiger partial charge on any atom is 0.178 e. The van der Waals surface area contributed by atoms with Crippen LogP contribution < -0.4 is 0 Å². The van der Waals surface area contributed by atoms with Crippen LogP contribution in [0.5, 0.6) is 0 Å². The third-order valence-electron chi connectivity index (χ3n) is 2.27. The van der Waals surface area contributed by atoms with E-state index in [1.165, 1.54) is 0 Å². The molecule has 0 aromatic rings. The monoisotopic (exact) mass is 244 g/mol. The summed E-state index contributed by atoms with van der Waals surface area (Å²) in [6, 6.07) is 0. The lowest BCUT2D eigenvalue weighted by Crippen LogP contribution is -2.40. The highest BCUT2D eigenvalue weighted by atomic mass is 28.3. The third-order valence-corrected chi connectivity index (χ3v) is 8.20. The van der Waals surface area contributed by atoms with Crippen molar-refractivity contribution in [2.24, 2.45) is 5.10 Å². The molecular weight excluding hydrogens is 220 g/mol. The number of Topliss-reactive ketones (excluding diaryl/α,β-unsaturated/α-hetero) is 1. The zero-order chi connectivity index (χ0) is 12.0. The largest absolute Gasteiger partial charge is 0.355 e. The predicted molar refractivity (Wildman–Crippen MR) is 72.6 cm³/mol. The molecular formula is C10H24N2OSi2. The van der Waals surface area contributed by atoms with Crippen molar-refractivity contribution in [1.82, 2.24) is 4.34 Å². The average molecular weight is 244 g/mol. The van der Waals surface area contributed by atoms with Crippen molar-refractivity contribution in [3.05, 3.63) is 0 Å². The Morgan fingerprint density at radius 1 is 1.07 bits per heavy atom. The quantitative estimate of drug-likeness (QED) is 0.407. The van der Waals surface area contributed by atoms with Crippen molar-refractivity contribution in [2.75, 3.05) is 0 Å². The Morgan fingerprint density at radius 2 is 1.53 bits per heavy atom. The first kappa shape index (κ1) is 14.6. The van der Waals surface area contributed by atoms with Crippen molar-refractivity contribution in [3.63, 3.8) is 0 Å². The van der Waals surface area contributed by atoms with Crippen LogP contribution >= 0.6 is 0 Å². The highest BCUT2D eigenvalue weighted by Crippen LogP contribution is 2.04. The highest BCUT2D eigenvalue weighted by Gasteiger charge is 2.15. The van der Waals surface area contributed by atoms with Gasteiger partial charge in [-0.15, -0.1) is 0 Å². The van der Waals surface area contributed by atoms with Gasteiger partial charge < -0.3 is 4.34 Å². The Balaban J connectivity index is 4.84. The van der Waals surface area contributed by atoms with Crippen molar-refractivity contribution in [2.45, 2.75) is 52.9 Å². The molecule has 88 valence electrons. The smallest absolute Gasteiger partial charge is 0.178 e. The number of ketones is 1. The van der Waals surface area contributed by atoms with Crippen molar-refractivity contribution < 1.29 is 4.79 Å². The first-order valence-electron chi connectivity index (χ1n) is 5.82. The molecule has 0 bridgehead atoms. The first-order chi connectivity index (χ1) is 6.93. The van der Waals surface area contributed by atoms with Gasteiger partial charge in [0.2, 0.25) is 0 Å². The van der Waals surface area contributed by atoms with Crippen LogP contribution in [-0.2, 0) is 4.79 Å². The van der Waals surface area contributed by atoms with Gasteiger partial charge in [0, 0.05) is 6.42 Å². The Hall–Kier alpha value is -0.426. The number of hydrogen-bond acceptors (Lipinski definition) is 3. The van der Waals surface area contributed by atoms with Gasteiger partial charge in [-0.1, -0.05) is 40.0 Å². The summed E-state index contributed by atoms with van der Waals surface area (Å²) in [5.41, 5.74) is 0.764. The number of hydrogen-bond donors (Lipinski definition) is 0. The van der Waals surface area contributed by atoms with E-state index in [4.69, 9.17) is 0 Å². The number of hydrazone groups is 1. The van der Waals surface area contributed by atoms with Crippen LogP contribution in [0.25, 0.3) is 0 Å². The fourth-order valence-corrected chi connectivity index (χ4v) is 7.01. The average Bonchev–Trinajstić information content (AvgIpc) is 2.17. The lowest BCUT2D eigenvalue weighted by molar-refractivity contribution is -0.112. The van der Waals surface area contributed by atoms with E-state index in [1.54, 1.807) is 0 Å². The number of nitrogens with zero attached hydrogens (tertiary/aromatic N) is 2. The molecule has 0 aromatic heterocycles. The summed E-state index contributed by atoms with van der Waals surface area (Å²) in [5.74, 6) is 0.201. The van der Waals surface area contributed by atoms with Crippen LogP contribution in [-0.4, -0.2) is 33.8 Å². The number of carbonyl (C=O) groups is 1. The van der Waals surface area contributed by atoms with Gasteiger partial charge in [-0.3, -0.25) is 4.79 Å². The fourth-order valence-electron chi connectivity index (χ4n) is 1.49. The van der Waals surface area contributed by atoms with Crippen LogP contribution in [0.3, 0.4) is 0 Å². The SMILES string of the molecule is CCC(=O)C(CC)=NN([SiH](C)C)[SiH](C)C. The van der Waals surface area contributed by atoms with Crippen molar-refractivity contribution in [1.29, 1.82) is 0 Å². The maximum atomic E-state index is 11.6. The Morgan fingerprint density at radius 3 is 1.80 bits per heavy atom. The van der Waals surface area contributed by atoms with E-state index in [2.05, 4.69) is 35.6 Å². The second-order valence-corrected chi connectivity index (χ2v) is 10.3. The molecule has 0 radical (unpaired) electrons. The molecule has 15 heavy (non-hydrogen) atoms. The van der Waals surface area contributed by atoms with E-state index >= 15 is 0 Å². The van der Waals surface area contributed by atoms with Gasteiger partial charge >= 0.3 is 0 Å². The lowest BCUT2D eigenvalue weighted by atomic mass is 10.1. The van der Waals surface area contributed by atoms with E-state index in [0.717, 1.165) is 12.1 Å². The summed E-state index contributed by atoms with van der Waals surface area (Å²) < 4.78 is 2.27. The van der Waals surface area contributed by atoms with E-state index in [9.17, 15) is 4.79 Å². The van der Waals surface area contributed by atoms with Crippen LogP contribution in [0.4, 0.5) is 0 Å². The molecule has 0 aliphatic rings. The summed E-state index contributed by atoms with van der Waals surface area (Å²) in [4.78, 5) is 11.6. The van der Waals surface area contributed by atoms with Crippen molar-refractivity contribution in [3.8, 4) is 0 Å². The summed E-state index contributed by atoms with van der Waals surface area (Å²) in [5, 5.41) is 4.59. The van der Waals surface area contributed by atoms with Gasteiger partial charge in [-0.05, 0) is 6.42 Å².